The Balaban J connectivity index is 2.06. The van der Waals surface area contributed by atoms with Crippen molar-refractivity contribution in [3.05, 3.63) is 64.8 Å². The molecule has 2 aromatic carbocycles. The summed E-state index contributed by atoms with van der Waals surface area (Å²) in [6, 6.07) is 15.1. The van der Waals surface area contributed by atoms with Gasteiger partial charge < -0.3 is 14.4 Å². The average Bonchev–Trinajstić information content (AvgIpc) is 2.91. The van der Waals surface area contributed by atoms with Gasteiger partial charge in [0.2, 0.25) is 0 Å². The third-order valence-corrected chi connectivity index (χ3v) is 4.84. The van der Waals surface area contributed by atoms with Crippen LogP contribution in [-0.4, -0.2) is 22.8 Å². The van der Waals surface area contributed by atoms with Gasteiger partial charge in [-0.25, -0.2) is 0 Å². The summed E-state index contributed by atoms with van der Waals surface area (Å²) in [7, 11) is 1.41. The van der Waals surface area contributed by atoms with E-state index in [0.717, 1.165) is 22.2 Å². The van der Waals surface area contributed by atoms with Gasteiger partial charge in [0.05, 0.1) is 12.5 Å². The van der Waals surface area contributed by atoms with Gasteiger partial charge >= 0.3 is 5.97 Å². The summed E-state index contributed by atoms with van der Waals surface area (Å²) >= 11 is 5.99. The Bertz CT molecular complexity index is 942. The lowest BCUT2D eigenvalue weighted by Crippen LogP contribution is -2.29. The molecule has 0 spiro atoms. The number of halogens is 1. The number of methoxy groups -OCH3 is 1. The highest BCUT2D eigenvalue weighted by Crippen LogP contribution is 2.30. The predicted molar refractivity (Wildman–Crippen MR) is 104 cm³/mol. The third kappa shape index (κ3) is 3.70. The number of fused-ring (bicyclic) bond motifs is 1. The van der Waals surface area contributed by atoms with Crippen LogP contribution < -0.4 is 0 Å². The zero-order chi connectivity index (χ0) is 18.9. The minimum absolute atomic E-state index is 0.222. The molecule has 0 saturated carbocycles. The fourth-order valence-electron chi connectivity index (χ4n) is 3.22. The van der Waals surface area contributed by atoms with E-state index >= 15 is 0 Å². The highest BCUT2D eigenvalue weighted by molar-refractivity contribution is 6.30. The fourth-order valence-corrected chi connectivity index (χ4v) is 3.35. The molecule has 0 fully saturated rings. The smallest absolute Gasteiger partial charge is 0.311 e. The first kappa shape index (κ1) is 18.3. The summed E-state index contributed by atoms with van der Waals surface area (Å²) in [5.74, 6) is -0.0245. The quantitative estimate of drug-likeness (QED) is 0.656. The lowest BCUT2D eigenvalue weighted by Gasteiger charge is -2.22. The number of rotatable bonds is 5. The minimum Gasteiger partial charge on any atom is -0.508 e. The molecule has 0 amide bonds. The Kier molecular flexibility index (Phi) is 4.97. The summed E-state index contributed by atoms with van der Waals surface area (Å²) in [6.45, 7) is 4.40. The SMILES string of the molecule is COC(=O)C(C)(C)Cc1cc2cc(O)ccc2n1Cc1ccc(Cl)cc1. The molecule has 1 N–H and O–H groups in total. The number of carbonyl (C=O) groups excluding carboxylic acids is 1. The number of esters is 1. The summed E-state index contributed by atoms with van der Waals surface area (Å²) in [5, 5.41) is 11.4. The molecule has 26 heavy (non-hydrogen) atoms. The predicted octanol–water partition coefficient (Wildman–Crippen LogP) is 4.79. The third-order valence-electron chi connectivity index (χ3n) is 4.59. The van der Waals surface area contributed by atoms with Gasteiger partial charge in [-0.2, -0.15) is 0 Å². The van der Waals surface area contributed by atoms with Crippen molar-refractivity contribution in [2.24, 2.45) is 5.41 Å². The molecule has 3 rings (SSSR count). The molecule has 0 bridgehead atoms. The van der Waals surface area contributed by atoms with Crippen LogP contribution in [0.1, 0.15) is 25.1 Å². The highest BCUT2D eigenvalue weighted by atomic mass is 35.5. The monoisotopic (exact) mass is 371 g/mol. The van der Waals surface area contributed by atoms with Crippen molar-refractivity contribution in [1.82, 2.24) is 4.57 Å². The summed E-state index contributed by atoms with van der Waals surface area (Å²) in [5.41, 5.74) is 2.48. The van der Waals surface area contributed by atoms with E-state index in [-0.39, 0.29) is 11.7 Å². The molecule has 0 unspecified atom stereocenters. The number of ether oxygens (including phenoxy) is 1. The Morgan fingerprint density at radius 3 is 2.50 bits per heavy atom. The van der Waals surface area contributed by atoms with Crippen LogP contribution in [0, 0.1) is 5.41 Å². The number of aromatic hydroxyl groups is 1. The maximum atomic E-state index is 12.1. The second-order valence-corrected chi connectivity index (χ2v) is 7.58. The molecule has 0 aliphatic rings. The van der Waals surface area contributed by atoms with Gasteiger partial charge in [-0.15, -0.1) is 0 Å². The molecule has 0 aliphatic carbocycles. The molecule has 0 saturated heterocycles. The summed E-state index contributed by atoms with van der Waals surface area (Å²) in [4.78, 5) is 12.1. The van der Waals surface area contributed by atoms with Crippen LogP contribution in [-0.2, 0) is 22.5 Å². The number of hydrogen-bond acceptors (Lipinski definition) is 3. The van der Waals surface area contributed by atoms with Crippen molar-refractivity contribution in [2.75, 3.05) is 7.11 Å². The standard InChI is InChI=1S/C21H22ClNO3/c1-21(2,20(25)26-3)12-17-10-15-11-18(24)8-9-19(15)23(17)13-14-4-6-16(22)7-5-14/h4-11,24H,12-13H2,1-3H3. The number of carbonyl (C=O) groups is 1. The summed E-state index contributed by atoms with van der Waals surface area (Å²) < 4.78 is 7.12. The van der Waals surface area contributed by atoms with Gasteiger partial charge in [0, 0.05) is 34.6 Å². The zero-order valence-corrected chi connectivity index (χ0v) is 15.9. The van der Waals surface area contributed by atoms with E-state index in [1.165, 1.54) is 7.11 Å². The summed E-state index contributed by atoms with van der Waals surface area (Å²) in [6.07, 6.45) is 0.530. The molecule has 136 valence electrons. The lowest BCUT2D eigenvalue weighted by molar-refractivity contribution is -0.150. The Labute approximate surface area is 158 Å². The first-order valence-corrected chi connectivity index (χ1v) is 8.82. The van der Waals surface area contributed by atoms with E-state index in [4.69, 9.17) is 16.3 Å². The van der Waals surface area contributed by atoms with Gasteiger partial charge in [-0.1, -0.05) is 23.7 Å². The fraction of sp³-hybridized carbons (Fsp3) is 0.286. The second kappa shape index (κ2) is 7.04. The molecule has 0 atom stereocenters. The van der Waals surface area contributed by atoms with E-state index in [1.807, 2.05) is 50.2 Å². The molecule has 0 aliphatic heterocycles. The molecular formula is C21H22ClNO3. The van der Waals surface area contributed by atoms with E-state index in [2.05, 4.69) is 4.57 Å². The molecule has 5 heteroatoms. The van der Waals surface area contributed by atoms with Crippen LogP contribution in [0.3, 0.4) is 0 Å². The van der Waals surface area contributed by atoms with Crippen molar-refractivity contribution in [1.29, 1.82) is 0 Å². The van der Waals surface area contributed by atoms with Crippen molar-refractivity contribution in [3.63, 3.8) is 0 Å². The first-order chi connectivity index (χ1) is 12.3. The van der Waals surface area contributed by atoms with E-state index in [9.17, 15) is 9.90 Å². The average molecular weight is 372 g/mol. The maximum absolute atomic E-state index is 12.1. The van der Waals surface area contributed by atoms with Gasteiger partial charge in [0.15, 0.2) is 0 Å². The zero-order valence-electron chi connectivity index (χ0n) is 15.1. The Hall–Kier alpha value is -2.46. The molecule has 4 nitrogen and oxygen atoms in total. The molecule has 0 radical (unpaired) electrons. The second-order valence-electron chi connectivity index (χ2n) is 7.14. The van der Waals surface area contributed by atoms with Gasteiger partial charge in [-0.05, 0) is 55.8 Å². The molecular weight excluding hydrogens is 350 g/mol. The number of phenols is 1. The van der Waals surface area contributed by atoms with Crippen LogP contribution in [0.2, 0.25) is 5.02 Å². The van der Waals surface area contributed by atoms with Crippen molar-refractivity contribution >= 4 is 28.5 Å². The van der Waals surface area contributed by atoms with Gasteiger partial charge in [-0.3, -0.25) is 4.79 Å². The van der Waals surface area contributed by atoms with E-state index in [0.29, 0.717) is 18.0 Å². The number of hydrogen-bond donors (Lipinski definition) is 1. The normalized spacial score (nSPS) is 11.7. The van der Waals surface area contributed by atoms with Crippen LogP contribution in [0.5, 0.6) is 5.75 Å². The molecule has 3 aromatic rings. The Morgan fingerprint density at radius 1 is 1.15 bits per heavy atom. The maximum Gasteiger partial charge on any atom is 0.311 e. The lowest BCUT2D eigenvalue weighted by atomic mass is 9.88. The minimum atomic E-state index is -0.650. The van der Waals surface area contributed by atoms with Crippen molar-refractivity contribution in [2.45, 2.75) is 26.8 Å². The highest BCUT2D eigenvalue weighted by Gasteiger charge is 2.30. The molecule has 1 heterocycles. The largest absolute Gasteiger partial charge is 0.508 e. The topological polar surface area (TPSA) is 51.5 Å². The van der Waals surface area contributed by atoms with Gasteiger partial charge in [0.1, 0.15) is 5.75 Å². The van der Waals surface area contributed by atoms with Crippen molar-refractivity contribution < 1.29 is 14.6 Å². The number of benzene rings is 2. The van der Waals surface area contributed by atoms with E-state index in [1.54, 1.807) is 12.1 Å². The van der Waals surface area contributed by atoms with Gasteiger partial charge in [0.25, 0.3) is 0 Å². The number of aromatic nitrogens is 1. The number of phenolic OH excluding ortho intramolecular Hbond substituents is 1. The van der Waals surface area contributed by atoms with E-state index < -0.39 is 5.41 Å². The van der Waals surface area contributed by atoms with Crippen LogP contribution in [0.15, 0.2) is 48.5 Å². The molecule has 1 aromatic heterocycles. The van der Waals surface area contributed by atoms with Crippen LogP contribution in [0.4, 0.5) is 0 Å². The first-order valence-electron chi connectivity index (χ1n) is 8.44. The number of nitrogens with zero attached hydrogens (tertiary/aromatic N) is 1. The van der Waals surface area contributed by atoms with Crippen molar-refractivity contribution in [3.8, 4) is 5.75 Å². The van der Waals surface area contributed by atoms with Crippen LogP contribution in [0.25, 0.3) is 10.9 Å². The van der Waals surface area contributed by atoms with Crippen LogP contribution >= 0.6 is 11.6 Å². The Morgan fingerprint density at radius 2 is 1.85 bits per heavy atom.